The summed E-state index contributed by atoms with van der Waals surface area (Å²) >= 11 is 1.86. The van der Waals surface area contributed by atoms with E-state index in [2.05, 4.69) is 31.4 Å². The van der Waals surface area contributed by atoms with Crippen LogP contribution in [0.4, 0.5) is 0 Å². The molecule has 1 aromatic rings. The third-order valence-corrected chi connectivity index (χ3v) is 4.00. The zero-order valence-electron chi connectivity index (χ0n) is 10.6. The van der Waals surface area contributed by atoms with Crippen LogP contribution < -0.4 is 5.73 Å². The van der Waals surface area contributed by atoms with Crippen molar-refractivity contribution in [2.45, 2.75) is 58.4 Å². The SMILES string of the molecule is CCCC(C)CC(N)CCCc1cccs1. The molecule has 0 aliphatic carbocycles. The third-order valence-electron chi connectivity index (χ3n) is 3.06. The Kier molecular flexibility index (Phi) is 6.74. The van der Waals surface area contributed by atoms with Crippen LogP contribution in [0.3, 0.4) is 0 Å². The second kappa shape index (κ2) is 7.86. The predicted molar refractivity (Wildman–Crippen MR) is 73.9 cm³/mol. The van der Waals surface area contributed by atoms with Crippen molar-refractivity contribution in [3.8, 4) is 0 Å². The summed E-state index contributed by atoms with van der Waals surface area (Å²) in [7, 11) is 0. The van der Waals surface area contributed by atoms with Crippen LogP contribution in [0.15, 0.2) is 17.5 Å². The quantitative estimate of drug-likeness (QED) is 0.722. The molecule has 0 bridgehead atoms. The maximum Gasteiger partial charge on any atom is 0.00452 e. The Balaban J connectivity index is 2.08. The Morgan fingerprint density at radius 2 is 2.19 bits per heavy atom. The zero-order chi connectivity index (χ0) is 11.8. The minimum atomic E-state index is 0.404. The highest BCUT2D eigenvalue weighted by atomic mass is 32.1. The van der Waals surface area contributed by atoms with Crippen molar-refractivity contribution in [3.05, 3.63) is 22.4 Å². The van der Waals surface area contributed by atoms with E-state index in [0.717, 1.165) is 5.92 Å². The summed E-state index contributed by atoms with van der Waals surface area (Å²) in [5, 5.41) is 2.15. The molecule has 0 aliphatic heterocycles. The fourth-order valence-corrected chi connectivity index (χ4v) is 2.99. The van der Waals surface area contributed by atoms with Crippen molar-refractivity contribution in [3.63, 3.8) is 0 Å². The Hall–Kier alpha value is -0.340. The van der Waals surface area contributed by atoms with Gasteiger partial charge in [-0.2, -0.15) is 0 Å². The summed E-state index contributed by atoms with van der Waals surface area (Å²) in [5.41, 5.74) is 6.15. The van der Waals surface area contributed by atoms with E-state index < -0.39 is 0 Å². The lowest BCUT2D eigenvalue weighted by atomic mass is 9.95. The summed E-state index contributed by atoms with van der Waals surface area (Å²) in [6, 6.07) is 4.75. The van der Waals surface area contributed by atoms with Crippen LogP contribution in [0.25, 0.3) is 0 Å². The molecule has 1 nitrogen and oxygen atoms in total. The van der Waals surface area contributed by atoms with Gasteiger partial charge in [0.2, 0.25) is 0 Å². The summed E-state index contributed by atoms with van der Waals surface area (Å²) < 4.78 is 0. The smallest absolute Gasteiger partial charge is 0.00452 e. The van der Waals surface area contributed by atoms with Gasteiger partial charge in [-0.05, 0) is 43.0 Å². The molecule has 0 radical (unpaired) electrons. The van der Waals surface area contributed by atoms with Gasteiger partial charge in [-0.25, -0.2) is 0 Å². The van der Waals surface area contributed by atoms with E-state index in [9.17, 15) is 0 Å². The first kappa shape index (κ1) is 13.7. The summed E-state index contributed by atoms with van der Waals surface area (Å²) in [4.78, 5) is 1.49. The number of hydrogen-bond donors (Lipinski definition) is 1. The van der Waals surface area contributed by atoms with E-state index in [4.69, 9.17) is 5.73 Å². The van der Waals surface area contributed by atoms with E-state index in [0.29, 0.717) is 6.04 Å². The normalized spacial score (nSPS) is 14.9. The molecule has 2 heteroatoms. The first-order valence-electron chi connectivity index (χ1n) is 6.50. The lowest BCUT2D eigenvalue weighted by Crippen LogP contribution is -2.22. The number of rotatable bonds is 8. The molecule has 0 spiro atoms. The molecule has 2 N–H and O–H groups in total. The highest BCUT2D eigenvalue weighted by Gasteiger charge is 2.08. The number of thiophene rings is 1. The summed E-state index contributed by atoms with van der Waals surface area (Å²) in [6.07, 6.45) is 7.40. The highest BCUT2D eigenvalue weighted by Crippen LogP contribution is 2.16. The predicted octanol–water partition coefficient (Wildman–Crippen LogP) is 4.22. The molecule has 1 heterocycles. The van der Waals surface area contributed by atoms with Crippen LogP contribution in [0, 0.1) is 5.92 Å². The van der Waals surface area contributed by atoms with Crippen LogP contribution in [-0.4, -0.2) is 6.04 Å². The molecule has 0 fully saturated rings. The van der Waals surface area contributed by atoms with E-state index >= 15 is 0 Å². The van der Waals surface area contributed by atoms with Crippen LogP contribution >= 0.6 is 11.3 Å². The van der Waals surface area contributed by atoms with E-state index in [1.165, 1.54) is 43.4 Å². The van der Waals surface area contributed by atoms with E-state index in [1.807, 2.05) is 11.3 Å². The Morgan fingerprint density at radius 3 is 2.81 bits per heavy atom. The average molecular weight is 239 g/mol. The Labute approximate surface area is 104 Å². The van der Waals surface area contributed by atoms with Crippen molar-refractivity contribution in [1.29, 1.82) is 0 Å². The molecule has 16 heavy (non-hydrogen) atoms. The van der Waals surface area contributed by atoms with Crippen molar-refractivity contribution in [2.24, 2.45) is 11.7 Å². The molecule has 1 aromatic heterocycles. The van der Waals surface area contributed by atoms with Crippen LogP contribution in [-0.2, 0) is 6.42 Å². The molecule has 2 atom stereocenters. The first-order chi connectivity index (χ1) is 7.72. The van der Waals surface area contributed by atoms with Gasteiger partial charge in [-0.1, -0.05) is 32.8 Å². The summed E-state index contributed by atoms with van der Waals surface area (Å²) in [5.74, 6) is 0.793. The Morgan fingerprint density at radius 1 is 1.38 bits per heavy atom. The van der Waals surface area contributed by atoms with Crippen LogP contribution in [0.1, 0.15) is 50.8 Å². The fraction of sp³-hybridized carbons (Fsp3) is 0.714. The van der Waals surface area contributed by atoms with E-state index in [-0.39, 0.29) is 0 Å². The second-order valence-electron chi connectivity index (χ2n) is 4.86. The Bertz CT molecular complexity index is 256. The zero-order valence-corrected chi connectivity index (χ0v) is 11.4. The largest absolute Gasteiger partial charge is 0.328 e. The topological polar surface area (TPSA) is 26.0 Å². The molecule has 0 amide bonds. The van der Waals surface area contributed by atoms with Crippen molar-refractivity contribution >= 4 is 11.3 Å². The molecule has 0 saturated carbocycles. The van der Waals surface area contributed by atoms with E-state index in [1.54, 1.807) is 0 Å². The molecule has 2 unspecified atom stereocenters. The third kappa shape index (κ3) is 5.66. The molecule has 0 saturated heterocycles. The molecule has 0 aromatic carbocycles. The monoisotopic (exact) mass is 239 g/mol. The van der Waals surface area contributed by atoms with Crippen molar-refractivity contribution in [1.82, 2.24) is 0 Å². The maximum absolute atomic E-state index is 6.15. The van der Waals surface area contributed by atoms with Gasteiger partial charge in [0.05, 0.1) is 0 Å². The lowest BCUT2D eigenvalue weighted by molar-refractivity contribution is 0.414. The second-order valence-corrected chi connectivity index (χ2v) is 5.89. The fourth-order valence-electron chi connectivity index (χ4n) is 2.24. The van der Waals surface area contributed by atoms with Gasteiger partial charge in [-0.3, -0.25) is 0 Å². The standard InChI is InChI=1S/C14H25NS/c1-3-6-12(2)11-13(15)7-4-8-14-9-5-10-16-14/h5,9-10,12-13H,3-4,6-8,11,15H2,1-2H3. The van der Waals surface area contributed by atoms with Gasteiger partial charge in [0.15, 0.2) is 0 Å². The van der Waals surface area contributed by atoms with Crippen molar-refractivity contribution in [2.75, 3.05) is 0 Å². The molecule has 1 rings (SSSR count). The summed E-state index contributed by atoms with van der Waals surface area (Å²) in [6.45, 7) is 4.57. The maximum atomic E-state index is 6.15. The van der Waals surface area contributed by atoms with Crippen LogP contribution in [0.2, 0.25) is 0 Å². The first-order valence-corrected chi connectivity index (χ1v) is 7.38. The number of hydrogen-bond acceptors (Lipinski definition) is 2. The molecular formula is C14H25NS. The van der Waals surface area contributed by atoms with Gasteiger partial charge in [0, 0.05) is 10.9 Å². The lowest BCUT2D eigenvalue weighted by Gasteiger charge is -2.16. The highest BCUT2D eigenvalue weighted by molar-refractivity contribution is 7.09. The average Bonchev–Trinajstić information content (AvgIpc) is 2.70. The molecular weight excluding hydrogens is 214 g/mol. The number of aryl methyl sites for hydroxylation is 1. The minimum absolute atomic E-state index is 0.404. The van der Waals surface area contributed by atoms with Gasteiger partial charge < -0.3 is 5.73 Å². The molecule has 92 valence electrons. The number of nitrogens with two attached hydrogens (primary N) is 1. The van der Waals surface area contributed by atoms with Gasteiger partial charge in [0.25, 0.3) is 0 Å². The molecule has 0 aliphatic rings. The van der Waals surface area contributed by atoms with Gasteiger partial charge >= 0.3 is 0 Å². The minimum Gasteiger partial charge on any atom is -0.328 e. The van der Waals surface area contributed by atoms with Gasteiger partial charge in [-0.15, -0.1) is 11.3 Å². The van der Waals surface area contributed by atoms with Crippen molar-refractivity contribution < 1.29 is 0 Å². The van der Waals surface area contributed by atoms with Gasteiger partial charge in [0.1, 0.15) is 0 Å². The van der Waals surface area contributed by atoms with Crippen LogP contribution in [0.5, 0.6) is 0 Å².